The van der Waals surface area contributed by atoms with E-state index in [4.69, 9.17) is 5.11 Å². The molecule has 0 unspecified atom stereocenters. The van der Waals surface area contributed by atoms with Crippen molar-refractivity contribution < 1.29 is 14.7 Å². The predicted octanol–water partition coefficient (Wildman–Crippen LogP) is 3.20. The maximum Gasteiger partial charge on any atom is 0.315 e. The number of urea groups is 1. The molecule has 1 aliphatic carbocycles. The highest BCUT2D eigenvalue weighted by molar-refractivity contribution is 9.10. The average molecular weight is 375 g/mol. The summed E-state index contributed by atoms with van der Waals surface area (Å²) in [5, 5.41) is 16.6. The van der Waals surface area contributed by atoms with Crippen molar-refractivity contribution in [1.82, 2.24) is 10.6 Å². The molecule has 21 heavy (non-hydrogen) atoms. The first-order chi connectivity index (χ1) is 10.1. The second kappa shape index (κ2) is 7.79. The fourth-order valence-electron chi connectivity index (χ4n) is 2.52. The van der Waals surface area contributed by atoms with Crippen molar-refractivity contribution in [3.05, 3.63) is 20.8 Å². The first kappa shape index (κ1) is 16.3. The van der Waals surface area contributed by atoms with Crippen molar-refractivity contribution in [3.8, 4) is 0 Å². The Balaban J connectivity index is 1.63. The molecule has 0 bridgehead atoms. The second-order valence-corrected chi connectivity index (χ2v) is 7.17. The van der Waals surface area contributed by atoms with Crippen molar-refractivity contribution in [3.63, 3.8) is 0 Å². The number of carboxylic acid groups (broad SMARTS) is 1. The molecular weight excluding hydrogens is 356 g/mol. The largest absolute Gasteiger partial charge is 0.481 e. The summed E-state index contributed by atoms with van der Waals surface area (Å²) in [7, 11) is 0. The minimum atomic E-state index is -0.694. The molecule has 5 nitrogen and oxygen atoms in total. The second-order valence-electron chi connectivity index (χ2n) is 5.31. The van der Waals surface area contributed by atoms with Crippen LogP contribution in [0.4, 0.5) is 4.79 Å². The van der Waals surface area contributed by atoms with Gasteiger partial charge in [0.15, 0.2) is 0 Å². The van der Waals surface area contributed by atoms with Gasteiger partial charge in [-0.15, -0.1) is 11.3 Å². The van der Waals surface area contributed by atoms with Crippen LogP contribution in [-0.2, 0) is 11.3 Å². The van der Waals surface area contributed by atoms with E-state index in [9.17, 15) is 9.59 Å². The number of thiophene rings is 1. The van der Waals surface area contributed by atoms with Crippen LogP contribution in [-0.4, -0.2) is 23.7 Å². The molecular formula is C14H19BrN2O3S. The van der Waals surface area contributed by atoms with Crippen LogP contribution in [0.25, 0.3) is 0 Å². The quantitative estimate of drug-likeness (QED) is 0.740. The maximum absolute atomic E-state index is 11.7. The Morgan fingerprint density at radius 1 is 1.29 bits per heavy atom. The van der Waals surface area contributed by atoms with Crippen LogP contribution in [0, 0.1) is 11.8 Å². The standard InChI is InChI=1S/C14H19BrN2O3S/c15-11-5-6-21-12(11)8-17-14(20)16-7-9-1-3-10(4-2-9)13(18)19/h5-6,9-10H,1-4,7-8H2,(H,18,19)(H2,16,17,20). The lowest BCUT2D eigenvalue weighted by Crippen LogP contribution is -2.38. The molecule has 7 heteroatoms. The Labute approximate surface area is 136 Å². The van der Waals surface area contributed by atoms with Crippen LogP contribution < -0.4 is 10.6 Å². The first-order valence-corrected chi connectivity index (χ1v) is 8.70. The zero-order valence-corrected chi connectivity index (χ0v) is 14.0. The SMILES string of the molecule is O=C(NCc1sccc1Br)NCC1CCC(C(=O)O)CC1. The summed E-state index contributed by atoms with van der Waals surface area (Å²) in [4.78, 5) is 23.7. The Hall–Kier alpha value is -1.08. The van der Waals surface area contributed by atoms with Gasteiger partial charge in [0.1, 0.15) is 0 Å². The summed E-state index contributed by atoms with van der Waals surface area (Å²) in [5.41, 5.74) is 0. The molecule has 116 valence electrons. The van der Waals surface area contributed by atoms with Crippen LogP contribution in [0.15, 0.2) is 15.9 Å². The molecule has 1 saturated carbocycles. The summed E-state index contributed by atoms with van der Waals surface area (Å²) in [6.45, 7) is 1.12. The molecule has 0 atom stereocenters. The molecule has 0 saturated heterocycles. The van der Waals surface area contributed by atoms with Gasteiger partial charge in [0.05, 0.1) is 12.5 Å². The van der Waals surface area contributed by atoms with E-state index in [2.05, 4.69) is 26.6 Å². The lowest BCUT2D eigenvalue weighted by molar-refractivity contribution is -0.143. The molecule has 0 radical (unpaired) electrons. The number of hydrogen-bond donors (Lipinski definition) is 3. The van der Waals surface area contributed by atoms with Gasteiger partial charge in [-0.2, -0.15) is 0 Å². The summed E-state index contributed by atoms with van der Waals surface area (Å²) in [6, 6.07) is 1.79. The third kappa shape index (κ3) is 5.00. The van der Waals surface area contributed by atoms with Crippen molar-refractivity contribution in [2.24, 2.45) is 11.8 Å². The molecule has 0 aliphatic heterocycles. The number of halogens is 1. The highest BCUT2D eigenvalue weighted by atomic mass is 79.9. The van der Waals surface area contributed by atoms with Gasteiger partial charge in [0.2, 0.25) is 0 Å². The zero-order chi connectivity index (χ0) is 15.2. The van der Waals surface area contributed by atoms with E-state index >= 15 is 0 Å². The van der Waals surface area contributed by atoms with Crippen LogP contribution in [0.3, 0.4) is 0 Å². The molecule has 2 rings (SSSR count). The van der Waals surface area contributed by atoms with E-state index in [1.54, 1.807) is 11.3 Å². The van der Waals surface area contributed by atoms with E-state index in [0.29, 0.717) is 31.8 Å². The summed E-state index contributed by atoms with van der Waals surface area (Å²) in [6.07, 6.45) is 3.17. The Bertz CT molecular complexity index is 498. The van der Waals surface area contributed by atoms with Gasteiger partial charge in [-0.25, -0.2) is 4.79 Å². The molecule has 0 spiro atoms. The molecule has 1 fully saturated rings. The van der Waals surface area contributed by atoms with Crippen molar-refractivity contribution in [1.29, 1.82) is 0 Å². The van der Waals surface area contributed by atoms with Crippen molar-refractivity contribution >= 4 is 39.3 Å². The Kier molecular flexibility index (Phi) is 6.05. The van der Waals surface area contributed by atoms with E-state index in [1.165, 1.54) is 0 Å². The van der Waals surface area contributed by atoms with Crippen LogP contribution in [0.5, 0.6) is 0 Å². The monoisotopic (exact) mass is 374 g/mol. The number of rotatable bonds is 5. The van der Waals surface area contributed by atoms with Gasteiger partial charge in [-0.3, -0.25) is 4.79 Å². The highest BCUT2D eigenvalue weighted by Gasteiger charge is 2.25. The molecule has 1 aromatic rings. The van der Waals surface area contributed by atoms with E-state index in [1.807, 2.05) is 11.4 Å². The topological polar surface area (TPSA) is 78.4 Å². The van der Waals surface area contributed by atoms with Gasteiger partial charge < -0.3 is 15.7 Å². The lowest BCUT2D eigenvalue weighted by atomic mass is 9.82. The Morgan fingerprint density at radius 2 is 2.00 bits per heavy atom. The highest BCUT2D eigenvalue weighted by Crippen LogP contribution is 2.28. The number of carbonyl (C=O) groups is 2. The zero-order valence-electron chi connectivity index (χ0n) is 11.6. The summed E-state index contributed by atoms with van der Waals surface area (Å²) < 4.78 is 1.01. The van der Waals surface area contributed by atoms with Crippen LogP contribution >= 0.6 is 27.3 Å². The molecule has 1 heterocycles. The van der Waals surface area contributed by atoms with Crippen molar-refractivity contribution in [2.45, 2.75) is 32.2 Å². The lowest BCUT2D eigenvalue weighted by Gasteiger charge is -2.26. The predicted molar refractivity (Wildman–Crippen MR) is 85.3 cm³/mol. The molecule has 1 aromatic heterocycles. The van der Waals surface area contributed by atoms with Crippen LogP contribution in [0.2, 0.25) is 0 Å². The smallest absolute Gasteiger partial charge is 0.315 e. The average Bonchev–Trinajstić information content (AvgIpc) is 2.88. The minimum Gasteiger partial charge on any atom is -0.481 e. The van der Waals surface area contributed by atoms with Gasteiger partial charge >= 0.3 is 12.0 Å². The number of nitrogens with one attached hydrogen (secondary N) is 2. The number of amides is 2. The summed E-state index contributed by atoms with van der Waals surface area (Å²) >= 11 is 5.02. The normalized spacial score (nSPS) is 21.8. The molecule has 3 N–H and O–H groups in total. The Morgan fingerprint density at radius 3 is 2.57 bits per heavy atom. The van der Waals surface area contributed by atoms with Crippen molar-refractivity contribution in [2.75, 3.05) is 6.54 Å². The molecule has 1 aliphatic rings. The fourth-order valence-corrected chi connectivity index (χ4v) is 3.96. The van der Waals surface area contributed by atoms with Gasteiger partial charge in [0, 0.05) is 15.9 Å². The van der Waals surface area contributed by atoms with Crippen LogP contribution in [0.1, 0.15) is 30.6 Å². The van der Waals surface area contributed by atoms with Gasteiger partial charge in [0.25, 0.3) is 0 Å². The van der Waals surface area contributed by atoms with E-state index < -0.39 is 5.97 Å². The number of carbonyl (C=O) groups excluding carboxylic acids is 1. The number of carboxylic acids is 1. The fraction of sp³-hybridized carbons (Fsp3) is 0.571. The number of hydrogen-bond acceptors (Lipinski definition) is 3. The molecule has 0 aromatic carbocycles. The number of aliphatic carboxylic acids is 1. The van der Waals surface area contributed by atoms with Gasteiger partial charge in [-0.1, -0.05) is 0 Å². The minimum absolute atomic E-state index is 0.171. The third-order valence-electron chi connectivity index (χ3n) is 3.85. The van der Waals surface area contributed by atoms with E-state index in [-0.39, 0.29) is 11.9 Å². The first-order valence-electron chi connectivity index (χ1n) is 7.02. The molecule has 2 amide bonds. The van der Waals surface area contributed by atoms with Gasteiger partial charge in [-0.05, 0) is 59.0 Å². The third-order valence-corrected chi connectivity index (χ3v) is 5.77. The van der Waals surface area contributed by atoms with E-state index in [0.717, 1.165) is 22.2 Å². The summed E-state index contributed by atoms with van der Waals surface area (Å²) in [5.74, 6) is -0.508. The maximum atomic E-state index is 11.7.